The summed E-state index contributed by atoms with van der Waals surface area (Å²) in [6, 6.07) is 8.49. The summed E-state index contributed by atoms with van der Waals surface area (Å²) >= 11 is 1.33. The molecule has 1 N–H and O–H groups in total. The fourth-order valence-corrected chi connectivity index (χ4v) is 5.85. The number of rotatable bonds is 6. The second-order valence-corrected chi connectivity index (χ2v) is 10.1. The highest BCUT2D eigenvalue weighted by atomic mass is 32.2. The first-order valence-corrected chi connectivity index (χ1v) is 12.1. The van der Waals surface area contributed by atoms with Crippen LogP contribution in [0.1, 0.15) is 15.9 Å². The molecule has 1 aromatic heterocycles. The number of nitrogens with zero attached hydrogens (tertiary/aromatic N) is 2. The molecule has 0 bridgehead atoms. The van der Waals surface area contributed by atoms with Crippen molar-refractivity contribution in [1.82, 2.24) is 9.29 Å². The maximum atomic E-state index is 13.2. The van der Waals surface area contributed by atoms with E-state index in [-0.39, 0.29) is 35.0 Å². The van der Waals surface area contributed by atoms with E-state index in [0.29, 0.717) is 18.3 Å². The number of anilines is 1. The third kappa shape index (κ3) is 4.29. The minimum absolute atomic E-state index is 0.0362. The van der Waals surface area contributed by atoms with Gasteiger partial charge in [0.1, 0.15) is 0 Å². The largest absolute Gasteiger partial charge is 0.493 e. The summed E-state index contributed by atoms with van der Waals surface area (Å²) in [4.78, 5) is 17.5. The van der Waals surface area contributed by atoms with Gasteiger partial charge >= 0.3 is 0 Å². The third-order valence-electron chi connectivity index (χ3n) is 5.07. The molecule has 1 fully saturated rings. The molecule has 0 atom stereocenters. The first-order valence-electron chi connectivity index (χ1n) is 9.86. The Morgan fingerprint density at radius 2 is 1.91 bits per heavy atom. The number of morpholine rings is 1. The summed E-state index contributed by atoms with van der Waals surface area (Å²) in [5, 5.41) is 3.16. The van der Waals surface area contributed by atoms with Crippen LogP contribution in [-0.4, -0.2) is 64.1 Å². The third-order valence-corrected chi connectivity index (χ3v) is 7.88. The summed E-state index contributed by atoms with van der Waals surface area (Å²) in [5.74, 6) is -0.259. The van der Waals surface area contributed by atoms with Crippen molar-refractivity contribution >= 4 is 42.6 Å². The summed E-state index contributed by atoms with van der Waals surface area (Å²) < 4.78 is 44.6. The van der Waals surface area contributed by atoms with Crippen molar-refractivity contribution in [1.29, 1.82) is 0 Å². The Bertz CT molecular complexity index is 1270. The van der Waals surface area contributed by atoms with Crippen LogP contribution >= 0.6 is 11.3 Å². The predicted molar refractivity (Wildman–Crippen MR) is 121 cm³/mol. The highest BCUT2D eigenvalue weighted by Crippen LogP contribution is 2.36. The average molecular weight is 478 g/mol. The zero-order chi connectivity index (χ0) is 22.9. The highest BCUT2D eigenvalue weighted by Gasteiger charge is 2.30. The number of amides is 1. The number of ether oxygens (including phenoxy) is 3. The number of hydrogen-bond donors (Lipinski definition) is 1. The molecule has 170 valence electrons. The molecule has 2 aromatic carbocycles. The number of sulfonamides is 1. The van der Waals surface area contributed by atoms with E-state index in [0.717, 1.165) is 15.8 Å². The van der Waals surface area contributed by atoms with Gasteiger partial charge in [-0.1, -0.05) is 17.4 Å². The monoisotopic (exact) mass is 477 g/mol. The summed E-state index contributed by atoms with van der Waals surface area (Å²) in [6.07, 6.45) is 0. The Morgan fingerprint density at radius 1 is 1.16 bits per heavy atom. The van der Waals surface area contributed by atoms with Gasteiger partial charge in [-0.2, -0.15) is 4.31 Å². The SMILES string of the molecule is COc1cc(S(=O)(=O)N2CCOCC2)cc(C(=O)Nc2nc3ccc(C)cc3s2)c1OC. The van der Waals surface area contributed by atoms with Gasteiger partial charge in [-0.05, 0) is 30.7 Å². The molecule has 0 saturated carbocycles. The second kappa shape index (κ2) is 9.02. The number of hydrogen-bond acceptors (Lipinski definition) is 8. The fourth-order valence-electron chi connectivity index (χ4n) is 3.44. The first kappa shape index (κ1) is 22.5. The Balaban J connectivity index is 1.72. The van der Waals surface area contributed by atoms with E-state index in [2.05, 4.69) is 10.3 Å². The number of thiazole rings is 1. The van der Waals surface area contributed by atoms with Gasteiger partial charge < -0.3 is 14.2 Å². The van der Waals surface area contributed by atoms with Crippen molar-refractivity contribution in [2.24, 2.45) is 0 Å². The standard InChI is InChI=1S/C21H23N3O6S2/c1-13-4-5-16-18(10-13)31-21(22-16)23-20(25)15-11-14(12-17(28-2)19(15)29-3)32(26,27)24-6-8-30-9-7-24/h4-5,10-12H,6-9H2,1-3H3,(H,22,23,25). The number of fused-ring (bicyclic) bond motifs is 1. The quantitative estimate of drug-likeness (QED) is 0.582. The van der Waals surface area contributed by atoms with E-state index >= 15 is 0 Å². The Labute approximate surface area is 190 Å². The predicted octanol–water partition coefficient (Wildman–Crippen LogP) is 2.90. The van der Waals surface area contributed by atoms with Crippen molar-refractivity contribution in [2.45, 2.75) is 11.8 Å². The molecule has 0 unspecified atom stereocenters. The van der Waals surface area contributed by atoms with Crippen molar-refractivity contribution < 1.29 is 27.4 Å². The second-order valence-electron chi connectivity index (χ2n) is 7.17. The molecule has 11 heteroatoms. The summed E-state index contributed by atoms with van der Waals surface area (Å²) in [6.45, 7) is 3.09. The van der Waals surface area contributed by atoms with Gasteiger partial charge in [0.2, 0.25) is 10.0 Å². The van der Waals surface area contributed by atoms with Crippen LogP contribution in [-0.2, 0) is 14.8 Å². The average Bonchev–Trinajstić information content (AvgIpc) is 3.19. The van der Waals surface area contributed by atoms with Crippen molar-refractivity contribution in [3.63, 3.8) is 0 Å². The van der Waals surface area contributed by atoms with Gasteiger partial charge in [-0.25, -0.2) is 13.4 Å². The lowest BCUT2D eigenvalue weighted by atomic mass is 10.1. The lowest BCUT2D eigenvalue weighted by Gasteiger charge is -2.26. The summed E-state index contributed by atoms with van der Waals surface area (Å²) in [5.41, 5.74) is 1.89. The van der Waals surface area contributed by atoms with E-state index < -0.39 is 15.9 Å². The van der Waals surface area contributed by atoms with Gasteiger partial charge in [-0.15, -0.1) is 0 Å². The maximum absolute atomic E-state index is 13.2. The van der Waals surface area contributed by atoms with Crippen LogP contribution in [0.3, 0.4) is 0 Å². The smallest absolute Gasteiger partial charge is 0.261 e. The molecular formula is C21H23N3O6S2. The number of aromatic nitrogens is 1. The molecule has 4 rings (SSSR count). The zero-order valence-electron chi connectivity index (χ0n) is 17.9. The highest BCUT2D eigenvalue weighted by molar-refractivity contribution is 7.89. The minimum atomic E-state index is -3.85. The van der Waals surface area contributed by atoms with E-state index in [1.54, 1.807) is 0 Å². The first-order chi connectivity index (χ1) is 15.3. The molecular weight excluding hydrogens is 454 g/mol. The van der Waals surface area contributed by atoms with Gasteiger partial charge in [0.05, 0.1) is 48.1 Å². The van der Waals surface area contributed by atoms with Gasteiger partial charge in [0, 0.05) is 19.2 Å². The molecule has 3 aromatic rings. The zero-order valence-corrected chi connectivity index (χ0v) is 19.5. The molecule has 0 radical (unpaired) electrons. The molecule has 9 nitrogen and oxygen atoms in total. The number of carbonyl (C=O) groups is 1. The summed E-state index contributed by atoms with van der Waals surface area (Å²) in [7, 11) is -1.07. The van der Waals surface area contributed by atoms with Crippen LogP contribution in [0.15, 0.2) is 35.2 Å². The van der Waals surface area contributed by atoms with Crippen LogP contribution in [0.2, 0.25) is 0 Å². The van der Waals surface area contributed by atoms with Crippen molar-refractivity contribution in [2.75, 3.05) is 45.8 Å². The Morgan fingerprint density at radius 3 is 2.59 bits per heavy atom. The molecule has 1 amide bonds. The minimum Gasteiger partial charge on any atom is -0.493 e. The van der Waals surface area contributed by atoms with Crippen LogP contribution in [0.4, 0.5) is 5.13 Å². The Hall–Kier alpha value is -2.73. The van der Waals surface area contributed by atoms with Gasteiger partial charge in [0.25, 0.3) is 5.91 Å². The lowest BCUT2D eigenvalue weighted by Crippen LogP contribution is -2.40. The molecule has 0 aliphatic carbocycles. The van der Waals surface area contributed by atoms with Crippen LogP contribution < -0.4 is 14.8 Å². The maximum Gasteiger partial charge on any atom is 0.261 e. The van der Waals surface area contributed by atoms with E-state index in [1.807, 2.05) is 25.1 Å². The molecule has 1 aliphatic heterocycles. The van der Waals surface area contributed by atoms with Crippen molar-refractivity contribution in [3.8, 4) is 11.5 Å². The number of nitrogens with one attached hydrogen (secondary N) is 1. The number of aryl methyl sites for hydroxylation is 1. The van der Waals surface area contributed by atoms with E-state index in [1.165, 1.54) is 42.0 Å². The number of carbonyl (C=O) groups excluding carboxylic acids is 1. The topological polar surface area (TPSA) is 107 Å². The van der Waals surface area contributed by atoms with Gasteiger partial charge in [-0.3, -0.25) is 10.1 Å². The van der Waals surface area contributed by atoms with Crippen LogP contribution in [0, 0.1) is 6.92 Å². The molecule has 32 heavy (non-hydrogen) atoms. The number of benzene rings is 2. The molecule has 1 aliphatic rings. The lowest BCUT2D eigenvalue weighted by molar-refractivity contribution is 0.0730. The van der Waals surface area contributed by atoms with E-state index in [9.17, 15) is 13.2 Å². The van der Waals surface area contributed by atoms with E-state index in [4.69, 9.17) is 14.2 Å². The fraction of sp³-hybridized carbons (Fsp3) is 0.333. The van der Waals surface area contributed by atoms with Crippen molar-refractivity contribution in [3.05, 3.63) is 41.5 Å². The number of methoxy groups -OCH3 is 2. The molecule has 1 saturated heterocycles. The van der Waals surface area contributed by atoms with Crippen LogP contribution in [0.5, 0.6) is 11.5 Å². The molecule has 2 heterocycles. The normalized spacial score (nSPS) is 15.0. The van der Waals surface area contributed by atoms with Crippen LogP contribution in [0.25, 0.3) is 10.2 Å². The Kier molecular flexibility index (Phi) is 6.33. The molecule has 0 spiro atoms. The van der Waals surface area contributed by atoms with Gasteiger partial charge in [0.15, 0.2) is 16.6 Å².